The van der Waals surface area contributed by atoms with E-state index >= 15 is 0 Å². The molecule has 3 amide bonds. The molecule has 0 heterocycles. The van der Waals surface area contributed by atoms with Gasteiger partial charge < -0.3 is 5.32 Å². The summed E-state index contributed by atoms with van der Waals surface area (Å²) in [5.41, 5.74) is 4.42. The molecule has 0 aliphatic heterocycles. The van der Waals surface area contributed by atoms with Gasteiger partial charge in [0.1, 0.15) is 5.82 Å². The Balaban J connectivity index is 1.83. The molecule has 0 saturated heterocycles. The zero-order valence-corrected chi connectivity index (χ0v) is 14.1. The minimum atomic E-state index is -0.684. The average molecular weight is 384 g/mol. The summed E-state index contributed by atoms with van der Waals surface area (Å²) in [4.78, 5) is 35.3. The Hall–Kier alpha value is -2.64. The van der Waals surface area contributed by atoms with Gasteiger partial charge >= 0.3 is 0 Å². The normalized spacial score (nSPS) is 10.0. The first-order valence-corrected chi connectivity index (χ1v) is 7.70. The van der Waals surface area contributed by atoms with Crippen molar-refractivity contribution in [3.05, 3.63) is 69.5 Å². The quantitative estimate of drug-likeness (QED) is 0.708. The van der Waals surface area contributed by atoms with Gasteiger partial charge in [0, 0.05) is 10.6 Å². The van der Waals surface area contributed by atoms with Gasteiger partial charge in [0.15, 0.2) is 0 Å². The fourth-order valence-corrected chi connectivity index (χ4v) is 2.18. The van der Waals surface area contributed by atoms with Gasteiger partial charge in [0.2, 0.25) is 0 Å². The fraction of sp³-hybridized carbons (Fsp3) is 0.0625. The number of carbonyl (C=O) groups is 3. The minimum Gasteiger partial charge on any atom is -0.343 e. The van der Waals surface area contributed by atoms with Crippen LogP contribution in [-0.2, 0) is 4.79 Å². The monoisotopic (exact) mass is 383 g/mol. The summed E-state index contributed by atoms with van der Waals surface area (Å²) < 4.78 is 13.0. The topological polar surface area (TPSA) is 87.3 Å². The van der Waals surface area contributed by atoms with E-state index in [4.69, 9.17) is 23.2 Å². The molecule has 0 aliphatic carbocycles. The number of hydrogen-bond donors (Lipinski definition) is 3. The summed E-state index contributed by atoms with van der Waals surface area (Å²) in [5, 5.41) is 2.76. The lowest BCUT2D eigenvalue weighted by Crippen LogP contribution is -2.46. The lowest BCUT2D eigenvalue weighted by molar-refractivity contribution is -0.120. The van der Waals surface area contributed by atoms with Crippen molar-refractivity contribution < 1.29 is 18.8 Å². The minimum absolute atomic E-state index is 0.0718. The summed E-state index contributed by atoms with van der Waals surface area (Å²) in [6.45, 7) is -0.418. The van der Waals surface area contributed by atoms with Crippen molar-refractivity contribution in [2.45, 2.75) is 0 Å². The number of hydrogen-bond acceptors (Lipinski definition) is 3. The Labute approximate surface area is 152 Å². The standard InChI is InChI=1S/C16H12Cl2FN3O3/c17-10-4-5-13(18)12(7-10)16(25)22-21-14(23)8-20-15(24)9-2-1-3-11(19)6-9/h1-7H,8H2,(H,20,24)(H,21,23)(H,22,25). The molecule has 0 aliphatic rings. The summed E-state index contributed by atoms with van der Waals surface area (Å²) in [7, 11) is 0. The zero-order valence-electron chi connectivity index (χ0n) is 12.6. The van der Waals surface area contributed by atoms with Crippen molar-refractivity contribution in [2.75, 3.05) is 6.54 Å². The van der Waals surface area contributed by atoms with E-state index in [0.717, 1.165) is 6.07 Å². The zero-order chi connectivity index (χ0) is 18.4. The van der Waals surface area contributed by atoms with Crippen molar-refractivity contribution in [2.24, 2.45) is 0 Å². The molecule has 0 fully saturated rings. The van der Waals surface area contributed by atoms with Crippen molar-refractivity contribution in [1.29, 1.82) is 0 Å². The first-order valence-electron chi connectivity index (χ1n) is 6.95. The molecule has 0 aromatic heterocycles. The predicted molar refractivity (Wildman–Crippen MR) is 90.8 cm³/mol. The molecular weight excluding hydrogens is 372 g/mol. The van der Waals surface area contributed by atoms with Crippen LogP contribution in [0.2, 0.25) is 10.0 Å². The van der Waals surface area contributed by atoms with Crippen LogP contribution in [0.1, 0.15) is 20.7 Å². The SMILES string of the molecule is O=C(CNC(=O)c1cccc(F)c1)NNC(=O)c1cc(Cl)ccc1Cl. The van der Waals surface area contributed by atoms with Gasteiger partial charge in [-0.05, 0) is 36.4 Å². The van der Waals surface area contributed by atoms with E-state index in [1.807, 2.05) is 0 Å². The van der Waals surface area contributed by atoms with Crippen LogP contribution in [0.5, 0.6) is 0 Å². The van der Waals surface area contributed by atoms with Gasteiger partial charge in [-0.3, -0.25) is 25.2 Å². The van der Waals surface area contributed by atoms with E-state index in [1.165, 1.54) is 36.4 Å². The second-order valence-corrected chi connectivity index (χ2v) is 5.66. The smallest absolute Gasteiger partial charge is 0.271 e. The van der Waals surface area contributed by atoms with E-state index in [1.54, 1.807) is 0 Å². The van der Waals surface area contributed by atoms with Gasteiger partial charge in [-0.1, -0.05) is 29.3 Å². The summed E-state index contributed by atoms with van der Waals surface area (Å²) in [6, 6.07) is 9.31. The fourth-order valence-electron chi connectivity index (χ4n) is 1.80. The molecule has 3 N–H and O–H groups in total. The van der Waals surface area contributed by atoms with Crippen molar-refractivity contribution in [1.82, 2.24) is 16.2 Å². The maximum absolute atomic E-state index is 13.0. The Morgan fingerprint density at radius 2 is 1.72 bits per heavy atom. The summed E-state index contributed by atoms with van der Waals surface area (Å²) in [6.07, 6.45) is 0. The maximum atomic E-state index is 13.0. The third-order valence-electron chi connectivity index (χ3n) is 2.98. The number of amides is 3. The predicted octanol–water partition coefficient (Wildman–Crippen LogP) is 2.32. The molecule has 0 saturated carbocycles. The average Bonchev–Trinajstić information content (AvgIpc) is 2.59. The van der Waals surface area contributed by atoms with E-state index in [2.05, 4.69) is 16.2 Å². The third kappa shape index (κ3) is 5.44. The van der Waals surface area contributed by atoms with Crippen LogP contribution in [0.3, 0.4) is 0 Å². The Bertz CT molecular complexity index is 830. The van der Waals surface area contributed by atoms with E-state index in [-0.39, 0.29) is 16.1 Å². The highest BCUT2D eigenvalue weighted by Crippen LogP contribution is 2.20. The van der Waals surface area contributed by atoms with E-state index in [0.29, 0.717) is 5.02 Å². The Morgan fingerprint density at radius 3 is 2.44 bits per heavy atom. The molecule has 0 bridgehead atoms. The lowest BCUT2D eigenvalue weighted by atomic mass is 10.2. The first kappa shape index (κ1) is 18.7. The number of hydrazine groups is 1. The molecule has 0 spiro atoms. The van der Waals surface area contributed by atoms with E-state index in [9.17, 15) is 18.8 Å². The second kappa shape index (κ2) is 8.46. The van der Waals surface area contributed by atoms with Crippen LogP contribution < -0.4 is 16.2 Å². The molecule has 25 heavy (non-hydrogen) atoms. The van der Waals surface area contributed by atoms with Crippen molar-refractivity contribution in [3.63, 3.8) is 0 Å². The molecule has 0 radical (unpaired) electrons. The van der Waals surface area contributed by atoms with Crippen LogP contribution in [-0.4, -0.2) is 24.3 Å². The van der Waals surface area contributed by atoms with Crippen molar-refractivity contribution in [3.8, 4) is 0 Å². The van der Waals surface area contributed by atoms with Crippen LogP contribution >= 0.6 is 23.2 Å². The van der Waals surface area contributed by atoms with Crippen LogP contribution in [0.15, 0.2) is 42.5 Å². The van der Waals surface area contributed by atoms with Gasteiger partial charge in [-0.15, -0.1) is 0 Å². The molecule has 6 nitrogen and oxygen atoms in total. The number of carbonyl (C=O) groups excluding carboxylic acids is 3. The number of benzene rings is 2. The van der Waals surface area contributed by atoms with Crippen LogP contribution in [0, 0.1) is 5.82 Å². The summed E-state index contributed by atoms with van der Waals surface area (Å²) in [5.74, 6) is -2.55. The molecule has 2 aromatic carbocycles. The molecular formula is C16H12Cl2FN3O3. The van der Waals surface area contributed by atoms with Crippen molar-refractivity contribution >= 4 is 40.9 Å². The molecule has 9 heteroatoms. The molecule has 0 atom stereocenters. The highest BCUT2D eigenvalue weighted by Gasteiger charge is 2.13. The van der Waals surface area contributed by atoms with Gasteiger partial charge in [-0.25, -0.2) is 4.39 Å². The van der Waals surface area contributed by atoms with Gasteiger partial charge in [0.05, 0.1) is 17.1 Å². The highest BCUT2D eigenvalue weighted by molar-refractivity contribution is 6.35. The van der Waals surface area contributed by atoms with Crippen LogP contribution in [0.25, 0.3) is 0 Å². The van der Waals surface area contributed by atoms with E-state index < -0.39 is 30.1 Å². The maximum Gasteiger partial charge on any atom is 0.271 e. The number of halogens is 3. The number of rotatable bonds is 4. The molecule has 0 unspecified atom stereocenters. The third-order valence-corrected chi connectivity index (χ3v) is 3.55. The largest absolute Gasteiger partial charge is 0.343 e. The second-order valence-electron chi connectivity index (χ2n) is 4.82. The van der Waals surface area contributed by atoms with Gasteiger partial charge in [-0.2, -0.15) is 0 Å². The van der Waals surface area contributed by atoms with Crippen LogP contribution in [0.4, 0.5) is 4.39 Å². The number of nitrogens with one attached hydrogen (secondary N) is 3. The summed E-state index contributed by atoms with van der Waals surface area (Å²) >= 11 is 11.6. The Kier molecular flexibility index (Phi) is 6.32. The first-order chi connectivity index (χ1) is 11.9. The van der Waals surface area contributed by atoms with Gasteiger partial charge in [0.25, 0.3) is 17.7 Å². The molecule has 2 rings (SSSR count). The molecule has 2 aromatic rings. The lowest BCUT2D eigenvalue weighted by Gasteiger charge is -2.09. The highest BCUT2D eigenvalue weighted by atomic mass is 35.5. The molecule has 130 valence electrons. The Morgan fingerprint density at radius 1 is 0.960 bits per heavy atom.